The highest BCUT2D eigenvalue weighted by Crippen LogP contribution is 2.31. The zero-order chi connectivity index (χ0) is 13.7. The van der Waals surface area contributed by atoms with Crippen molar-refractivity contribution in [2.45, 2.75) is 25.4 Å². The lowest BCUT2D eigenvalue weighted by atomic mass is 10.0. The number of rotatable bonds is 6. The molecule has 0 bridgehead atoms. The first kappa shape index (κ1) is 13.7. The van der Waals surface area contributed by atoms with E-state index in [0.29, 0.717) is 13.1 Å². The van der Waals surface area contributed by atoms with Crippen LogP contribution in [0.3, 0.4) is 0 Å². The number of nitrogens with zero attached hydrogens (tertiary/aromatic N) is 2. The van der Waals surface area contributed by atoms with E-state index in [9.17, 15) is 8.78 Å². The quantitative estimate of drug-likeness (QED) is 0.870. The Morgan fingerprint density at radius 2 is 2.00 bits per heavy atom. The molecule has 0 fully saturated rings. The van der Waals surface area contributed by atoms with Crippen LogP contribution < -0.4 is 5.32 Å². The van der Waals surface area contributed by atoms with E-state index in [4.69, 9.17) is 0 Å². The molecule has 3 nitrogen and oxygen atoms in total. The Labute approximate surface area is 111 Å². The van der Waals surface area contributed by atoms with E-state index < -0.39 is 12.0 Å². The zero-order valence-electron chi connectivity index (χ0n) is 10.8. The van der Waals surface area contributed by atoms with E-state index in [-0.39, 0.29) is 5.56 Å². The topological polar surface area (TPSA) is 29.9 Å². The minimum Gasteiger partial charge on any atom is -0.307 e. The van der Waals surface area contributed by atoms with Gasteiger partial charge in [-0.2, -0.15) is 13.9 Å². The summed E-state index contributed by atoms with van der Waals surface area (Å²) in [4.78, 5) is 0. The van der Waals surface area contributed by atoms with Crippen LogP contribution in [0, 0.1) is 0 Å². The summed E-state index contributed by atoms with van der Waals surface area (Å²) in [5.74, 6) is -2.88. The van der Waals surface area contributed by atoms with Crippen molar-refractivity contribution >= 4 is 0 Å². The fourth-order valence-electron chi connectivity index (χ4n) is 1.87. The minimum atomic E-state index is -2.88. The van der Waals surface area contributed by atoms with Gasteiger partial charge in [-0.3, -0.25) is 4.68 Å². The average Bonchev–Trinajstić information content (AvgIpc) is 2.93. The van der Waals surface area contributed by atoms with Crippen molar-refractivity contribution in [3.05, 3.63) is 54.4 Å². The van der Waals surface area contributed by atoms with E-state index in [1.165, 1.54) is 19.1 Å². The van der Waals surface area contributed by atoms with Gasteiger partial charge in [-0.15, -0.1) is 0 Å². The monoisotopic (exact) mass is 265 g/mol. The summed E-state index contributed by atoms with van der Waals surface area (Å²) in [5, 5.41) is 6.87. The molecule has 0 radical (unpaired) electrons. The second kappa shape index (κ2) is 5.93. The van der Waals surface area contributed by atoms with E-state index >= 15 is 0 Å². The largest absolute Gasteiger partial charge is 0.307 e. The third kappa shape index (κ3) is 3.38. The summed E-state index contributed by atoms with van der Waals surface area (Å²) in [6.45, 7) is 2.52. The lowest BCUT2D eigenvalue weighted by molar-refractivity contribution is -0.0378. The van der Waals surface area contributed by atoms with E-state index in [0.717, 1.165) is 0 Å². The molecule has 1 N–H and O–H groups in total. The van der Waals surface area contributed by atoms with Crippen LogP contribution in [0.25, 0.3) is 0 Å². The van der Waals surface area contributed by atoms with Gasteiger partial charge in [-0.25, -0.2) is 0 Å². The molecule has 0 aliphatic carbocycles. The van der Waals surface area contributed by atoms with Crippen molar-refractivity contribution in [3.63, 3.8) is 0 Å². The van der Waals surface area contributed by atoms with Crippen molar-refractivity contribution in [2.24, 2.45) is 0 Å². The average molecular weight is 265 g/mol. The second-order valence-electron chi connectivity index (χ2n) is 4.43. The van der Waals surface area contributed by atoms with E-state index in [1.54, 1.807) is 29.1 Å². The van der Waals surface area contributed by atoms with E-state index in [1.807, 2.05) is 12.3 Å². The van der Waals surface area contributed by atoms with Gasteiger partial charge in [-0.1, -0.05) is 30.3 Å². The molecule has 1 atom stereocenters. The Balaban J connectivity index is 1.90. The van der Waals surface area contributed by atoms with Gasteiger partial charge in [0.25, 0.3) is 5.92 Å². The maximum absolute atomic E-state index is 14.1. The molecule has 1 heterocycles. The predicted octanol–water partition coefficient (Wildman–Crippen LogP) is 2.65. The highest BCUT2D eigenvalue weighted by molar-refractivity contribution is 5.21. The molecule has 0 aliphatic rings. The van der Waals surface area contributed by atoms with Gasteiger partial charge < -0.3 is 5.32 Å². The van der Waals surface area contributed by atoms with Crippen LogP contribution in [0.4, 0.5) is 8.78 Å². The Morgan fingerprint density at radius 3 is 2.63 bits per heavy atom. The highest BCUT2D eigenvalue weighted by atomic mass is 19.3. The van der Waals surface area contributed by atoms with Crippen LogP contribution in [-0.4, -0.2) is 22.4 Å². The third-order valence-electron chi connectivity index (χ3n) is 3.05. The Morgan fingerprint density at radius 1 is 1.26 bits per heavy atom. The predicted molar refractivity (Wildman–Crippen MR) is 70.0 cm³/mol. The van der Waals surface area contributed by atoms with Crippen LogP contribution in [-0.2, 0) is 12.5 Å². The first-order valence-corrected chi connectivity index (χ1v) is 6.25. The lowest BCUT2D eigenvalue weighted by Gasteiger charge is -2.25. The summed E-state index contributed by atoms with van der Waals surface area (Å²) in [5.41, 5.74) is 0.0362. The first-order valence-electron chi connectivity index (χ1n) is 6.25. The molecule has 0 aliphatic heterocycles. The summed E-state index contributed by atoms with van der Waals surface area (Å²) in [7, 11) is 0. The first-order chi connectivity index (χ1) is 9.10. The summed E-state index contributed by atoms with van der Waals surface area (Å²) in [6, 6.07) is 8.76. The SMILES string of the molecule is C[C@@H](NCCn1cccn1)C(F)(F)c1ccccc1. The van der Waals surface area contributed by atoms with Crippen LogP contribution in [0.5, 0.6) is 0 Å². The van der Waals surface area contributed by atoms with Gasteiger partial charge in [0.15, 0.2) is 0 Å². The molecular weight excluding hydrogens is 248 g/mol. The van der Waals surface area contributed by atoms with Crippen LogP contribution in [0.2, 0.25) is 0 Å². The number of halogens is 2. The van der Waals surface area contributed by atoms with Gasteiger partial charge >= 0.3 is 0 Å². The number of aromatic nitrogens is 2. The molecule has 102 valence electrons. The number of benzene rings is 1. The molecular formula is C14H17F2N3. The molecule has 0 saturated heterocycles. The van der Waals surface area contributed by atoms with Gasteiger partial charge in [0.05, 0.1) is 12.6 Å². The molecule has 2 rings (SSSR count). The van der Waals surface area contributed by atoms with Crippen molar-refractivity contribution in [3.8, 4) is 0 Å². The minimum absolute atomic E-state index is 0.0362. The van der Waals surface area contributed by atoms with Gasteiger partial charge in [-0.05, 0) is 13.0 Å². The Bertz CT molecular complexity index is 483. The highest BCUT2D eigenvalue weighted by Gasteiger charge is 2.37. The van der Waals surface area contributed by atoms with Gasteiger partial charge in [0.2, 0.25) is 0 Å². The smallest absolute Gasteiger partial charge is 0.287 e. The molecule has 19 heavy (non-hydrogen) atoms. The molecule has 2 aromatic rings. The van der Waals surface area contributed by atoms with Crippen molar-refractivity contribution in [2.75, 3.05) is 6.54 Å². The molecule has 0 amide bonds. The van der Waals surface area contributed by atoms with E-state index in [2.05, 4.69) is 10.4 Å². The number of hydrogen-bond acceptors (Lipinski definition) is 2. The van der Waals surface area contributed by atoms with Gasteiger partial charge in [0.1, 0.15) is 0 Å². The fourth-order valence-corrected chi connectivity index (χ4v) is 1.87. The van der Waals surface area contributed by atoms with Crippen molar-refractivity contribution in [1.82, 2.24) is 15.1 Å². The summed E-state index contributed by atoms with van der Waals surface area (Å²) < 4.78 is 30.0. The number of alkyl halides is 2. The molecule has 0 spiro atoms. The third-order valence-corrected chi connectivity index (χ3v) is 3.05. The van der Waals surface area contributed by atoms with Crippen molar-refractivity contribution < 1.29 is 8.78 Å². The number of hydrogen-bond donors (Lipinski definition) is 1. The zero-order valence-corrected chi connectivity index (χ0v) is 10.8. The molecule has 1 aromatic carbocycles. The van der Waals surface area contributed by atoms with Gasteiger partial charge in [0, 0.05) is 24.5 Å². The fraction of sp³-hybridized carbons (Fsp3) is 0.357. The number of nitrogens with one attached hydrogen (secondary N) is 1. The summed E-state index contributed by atoms with van der Waals surface area (Å²) in [6.07, 6.45) is 3.48. The standard InChI is InChI=1S/C14H17F2N3/c1-12(17-9-11-19-10-5-8-18-19)14(15,16)13-6-3-2-4-7-13/h2-8,10,12,17H,9,11H2,1H3/t12-/m1/s1. The van der Waals surface area contributed by atoms with Crippen LogP contribution in [0.15, 0.2) is 48.8 Å². The normalized spacial score (nSPS) is 13.4. The van der Waals surface area contributed by atoms with Crippen LogP contribution >= 0.6 is 0 Å². The molecule has 5 heteroatoms. The Kier molecular flexibility index (Phi) is 4.27. The molecule has 0 unspecified atom stereocenters. The van der Waals surface area contributed by atoms with Crippen molar-refractivity contribution in [1.29, 1.82) is 0 Å². The molecule has 1 aromatic heterocycles. The lowest BCUT2D eigenvalue weighted by Crippen LogP contribution is -2.42. The Hall–Kier alpha value is -1.75. The maximum Gasteiger partial charge on any atom is 0.287 e. The molecule has 0 saturated carbocycles. The van der Waals surface area contributed by atoms with Crippen LogP contribution in [0.1, 0.15) is 12.5 Å². The second-order valence-corrected chi connectivity index (χ2v) is 4.43. The summed E-state index contributed by atoms with van der Waals surface area (Å²) >= 11 is 0. The maximum atomic E-state index is 14.1.